The lowest BCUT2D eigenvalue weighted by Crippen LogP contribution is -2.32. The molecule has 0 saturated carbocycles. The van der Waals surface area contributed by atoms with E-state index in [-0.39, 0.29) is 34.0 Å². The average Bonchev–Trinajstić information content (AvgIpc) is 2.81. The van der Waals surface area contributed by atoms with Crippen LogP contribution in [0.1, 0.15) is 40.0 Å². The molecule has 0 aliphatic carbocycles. The van der Waals surface area contributed by atoms with Crippen molar-refractivity contribution in [2.75, 3.05) is 43.9 Å². The van der Waals surface area contributed by atoms with Gasteiger partial charge >= 0.3 is 0 Å². The van der Waals surface area contributed by atoms with E-state index in [1.807, 2.05) is 19.0 Å². The lowest BCUT2D eigenvalue weighted by Gasteiger charge is -2.23. The zero-order valence-corrected chi connectivity index (χ0v) is 22.0. The fraction of sp³-hybridized carbons (Fsp3) is 0.429. The Morgan fingerprint density at radius 3 is 2.35 bits per heavy atom. The van der Waals surface area contributed by atoms with E-state index in [2.05, 4.69) is 19.2 Å². The average molecular weight is 518 g/mol. The second-order valence-electron chi connectivity index (χ2n) is 9.85. The number of halogens is 3. The summed E-state index contributed by atoms with van der Waals surface area (Å²) in [6.45, 7) is 6.97. The van der Waals surface area contributed by atoms with Crippen molar-refractivity contribution in [3.63, 3.8) is 0 Å². The van der Waals surface area contributed by atoms with Crippen LogP contribution < -0.4 is 15.6 Å². The lowest BCUT2D eigenvalue weighted by molar-refractivity contribution is -0.116. The van der Waals surface area contributed by atoms with Crippen molar-refractivity contribution in [3.8, 4) is 11.3 Å². The van der Waals surface area contributed by atoms with E-state index < -0.39 is 28.5 Å². The van der Waals surface area contributed by atoms with Crippen LogP contribution in [0.15, 0.2) is 39.5 Å². The molecule has 0 aliphatic rings. The summed E-state index contributed by atoms with van der Waals surface area (Å²) in [6.07, 6.45) is 2.30. The number of hydrogen-bond donors (Lipinski definition) is 1. The van der Waals surface area contributed by atoms with Crippen molar-refractivity contribution in [1.82, 2.24) is 4.90 Å². The highest BCUT2D eigenvalue weighted by molar-refractivity contribution is 5.93. The molecule has 3 aromatic rings. The second kappa shape index (κ2) is 12.3. The Morgan fingerprint density at radius 2 is 1.73 bits per heavy atom. The maximum absolute atomic E-state index is 15.1. The quantitative estimate of drug-likeness (QED) is 0.315. The highest BCUT2D eigenvalue weighted by Crippen LogP contribution is 2.32. The molecule has 3 rings (SSSR count). The molecule has 1 amide bonds. The summed E-state index contributed by atoms with van der Waals surface area (Å²) in [6, 6.07) is 5.82. The predicted molar refractivity (Wildman–Crippen MR) is 142 cm³/mol. The van der Waals surface area contributed by atoms with Gasteiger partial charge in [0.05, 0.1) is 16.8 Å². The zero-order valence-electron chi connectivity index (χ0n) is 22.0. The van der Waals surface area contributed by atoms with E-state index in [0.29, 0.717) is 31.5 Å². The number of nitrogens with one attached hydrogen (secondary N) is 1. The third-order valence-corrected chi connectivity index (χ3v) is 6.06. The van der Waals surface area contributed by atoms with Crippen LogP contribution >= 0.6 is 0 Å². The van der Waals surface area contributed by atoms with Crippen molar-refractivity contribution in [1.29, 1.82) is 0 Å². The molecule has 0 atom stereocenters. The summed E-state index contributed by atoms with van der Waals surface area (Å²) >= 11 is 0. The molecule has 2 aromatic carbocycles. The number of rotatable bonds is 11. The molecule has 1 heterocycles. The van der Waals surface area contributed by atoms with Crippen LogP contribution in [0.4, 0.5) is 24.5 Å². The number of fused-ring (bicyclic) bond motifs is 1. The molecule has 1 aromatic heterocycles. The van der Waals surface area contributed by atoms with Gasteiger partial charge in [0, 0.05) is 37.7 Å². The van der Waals surface area contributed by atoms with Crippen molar-refractivity contribution in [2.45, 2.75) is 40.0 Å². The number of carbonyl (C=O) groups is 1. The van der Waals surface area contributed by atoms with Crippen LogP contribution in [0, 0.1) is 23.4 Å². The van der Waals surface area contributed by atoms with Crippen LogP contribution in [0.5, 0.6) is 0 Å². The number of carbonyl (C=O) groups excluding carboxylic acids is 1. The molecular weight excluding hydrogens is 483 g/mol. The summed E-state index contributed by atoms with van der Waals surface area (Å²) in [5, 5.41) is 2.67. The Kier molecular flexibility index (Phi) is 9.37. The first kappa shape index (κ1) is 28.2. The van der Waals surface area contributed by atoms with Gasteiger partial charge in [-0.05, 0) is 64.0 Å². The largest absolute Gasteiger partial charge is 0.453 e. The summed E-state index contributed by atoms with van der Waals surface area (Å²) < 4.78 is 50.0. The third kappa shape index (κ3) is 6.91. The number of nitrogens with zero attached hydrogens (tertiary/aromatic N) is 2. The van der Waals surface area contributed by atoms with Gasteiger partial charge in [-0.15, -0.1) is 0 Å². The van der Waals surface area contributed by atoms with Crippen LogP contribution in [0.3, 0.4) is 0 Å². The molecule has 0 saturated heterocycles. The molecule has 0 radical (unpaired) electrons. The highest BCUT2D eigenvalue weighted by Gasteiger charge is 2.21. The van der Waals surface area contributed by atoms with Crippen molar-refractivity contribution in [2.24, 2.45) is 5.92 Å². The van der Waals surface area contributed by atoms with Gasteiger partial charge in [0.15, 0.2) is 16.8 Å². The van der Waals surface area contributed by atoms with Gasteiger partial charge in [-0.25, -0.2) is 13.2 Å². The minimum Gasteiger partial charge on any atom is -0.453 e. The van der Waals surface area contributed by atoms with Crippen LogP contribution in [0.25, 0.3) is 22.3 Å². The van der Waals surface area contributed by atoms with Gasteiger partial charge in [0.2, 0.25) is 5.91 Å². The van der Waals surface area contributed by atoms with E-state index in [9.17, 15) is 18.4 Å². The number of benzene rings is 2. The summed E-state index contributed by atoms with van der Waals surface area (Å²) in [5.74, 6) is -2.51. The maximum Gasteiger partial charge on any atom is 0.223 e. The normalized spacial score (nSPS) is 11.5. The molecule has 1 N–H and O–H groups in total. The van der Waals surface area contributed by atoms with E-state index in [1.165, 1.54) is 24.0 Å². The van der Waals surface area contributed by atoms with Crippen LogP contribution in [0.2, 0.25) is 0 Å². The molecule has 0 spiro atoms. The van der Waals surface area contributed by atoms with E-state index in [4.69, 9.17) is 4.42 Å². The molecular formula is C28H34F3N3O3. The minimum atomic E-state index is -1.03. The SMILES string of the molecule is CC(=O)N(CCCN(C)C)c1ccc(-c2cc(=O)c3c(NCCCC(C)C)c(F)cc(F)c3o2)cc1F. The molecule has 0 unspecified atom stereocenters. The Hall–Kier alpha value is -3.33. The molecule has 6 nitrogen and oxygen atoms in total. The molecule has 0 fully saturated rings. The van der Waals surface area contributed by atoms with Gasteiger partial charge in [-0.3, -0.25) is 9.59 Å². The monoisotopic (exact) mass is 517 g/mol. The molecule has 0 aliphatic heterocycles. The number of amides is 1. The highest BCUT2D eigenvalue weighted by atomic mass is 19.1. The van der Waals surface area contributed by atoms with Crippen molar-refractivity contribution in [3.05, 3.63) is 58.0 Å². The third-order valence-electron chi connectivity index (χ3n) is 6.06. The summed E-state index contributed by atoms with van der Waals surface area (Å²) in [5.41, 5.74) is -0.892. The van der Waals surface area contributed by atoms with Crippen LogP contribution in [-0.2, 0) is 4.79 Å². The Balaban J connectivity index is 1.96. The van der Waals surface area contributed by atoms with E-state index in [0.717, 1.165) is 31.5 Å². The zero-order chi connectivity index (χ0) is 27.3. The Labute approximate surface area is 215 Å². The van der Waals surface area contributed by atoms with Crippen LogP contribution in [-0.4, -0.2) is 44.5 Å². The molecule has 37 heavy (non-hydrogen) atoms. The predicted octanol–water partition coefficient (Wildman–Crippen LogP) is 6.03. The smallest absolute Gasteiger partial charge is 0.223 e. The number of anilines is 2. The first-order valence-corrected chi connectivity index (χ1v) is 12.4. The van der Waals surface area contributed by atoms with Gasteiger partial charge in [-0.2, -0.15) is 0 Å². The summed E-state index contributed by atoms with van der Waals surface area (Å²) in [7, 11) is 3.82. The standard InChI is InChI=1S/C28H34F3N3O3/c1-17(2)8-6-11-32-27-21(30)15-22(31)28-26(27)24(36)16-25(37-28)19-9-10-23(20(29)14-19)34(18(3)35)13-7-12-33(4)5/h9-10,14-17,32H,6-8,11-13H2,1-5H3. The minimum absolute atomic E-state index is 0.0683. The molecule has 200 valence electrons. The van der Waals surface area contributed by atoms with Crippen molar-refractivity contribution >= 4 is 28.3 Å². The molecule has 9 heteroatoms. The van der Waals surface area contributed by atoms with Gasteiger partial charge in [0.1, 0.15) is 17.4 Å². The molecule has 0 bridgehead atoms. The fourth-order valence-electron chi connectivity index (χ4n) is 4.18. The fourth-order valence-corrected chi connectivity index (χ4v) is 4.18. The van der Waals surface area contributed by atoms with E-state index in [1.54, 1.807) is 0 Å². The van der Waals surface area contributed by atoms with Gasteiger partial charge < -0.3 is 19.5 Å². The lowest BCUT2D eigenvalue weighted by atomic mass is 10.1. The Morgan fingerprint density at radius 1 is 1.00 bits per heavy atom. The van der Waals surface area contributed by atoms with Gasteiger partial charge in [0.25, 0.3) is 0 Å². The first-order chi connectivity index (χ1) is 17.5. The van der Waals surface area contributed by atoms with Crippen molar-refractivity contribution < 1.29 is 22.4 Å². The first-order valence-electron chi connectivity index (χ1n) is 12.4. The second-order valence-corrected chi connectivity index (χ2v) is 9.85. The summed E-state index contributed by atoms with van der Waals surface area (Å²) in [4.78, 5) is 28.4. The van der Waals surface area contributed by atoms with E-state index >= 15 is 4.39 Å². The number of hydrogen-bond acceptors (Lipinski definition) is 5. The van der Waals surface area contributed by atoms with Gasteiger partial charge in [-0.1, -0.05) is 13.8 Å². The Bertz CT molecular complexity index is 1320. The topological polar surface area (TPSA) is 65.8 Å². The maximum atomic E-state index is 15.1.